The van der Waals surface area contributed by atoms with Crippen LogP contribution in [0.15, 0.2) is 54.6 Å². The average Bonchev–Trinajstić information content (AvgIpc) is 3.45. The largest absolute Gasteiger partial charge is 0.479 e. The molecule has 4 heteroatoms. The summed E-state index contributed by atoms with van der Waals surface area (Å²) in [4.78, 5) is 15.1. The van der Waals surface area contributed by atoms with E-state index in [1.165, 1.54) is 11.1 Å². The van der Waals surface area contributed by atoms with Crippen LogP contribution in [0.25, 0.3) is 6.08 Å². The van der Waals surface area contributed by atoms with Crippen LogP contribution in [0.1, 0.15) is 42.0 Å². The van der Waals surface area contributed by atoms with Gasteiger partial charge in [-0.25, -0.2) is 0 Å². The number of hydrogen-bond donors (Lipinski definition) is 0. The van der Waals surface area contributed by atoms with E-state index in [2.05, 4.69) is 29.2 Å². The SMILES string of the molecule is N#CCOc1ccc(/C=C/C(=O)N(C2CC2)C2CCc3ccccc32)cc1. The van der Waals surface area contributed by atoms with Gasteiger partial charge in [0.25, 0.3) is 0 Å². The quantitative estimate of drug-likeness (QED) is 0.724. The predicted molar refractivity (Wildman–Crippen MR) is 104 cm³/mol. The number of aryl methyl sites for hydroxylation is 1. The van der Waals surface area contributed by atoms with Crippen molar-refractivity contribution in [3.8, 4) is 11.8 Å². The van der Waals surface area contributed by atoms with E-state index in [0.717, 1.165) is 31.2 Å². The Morgan fingerprint density at radius 2 is 1.93 bits per heavy atom. The van der Waals surface area contributed by atoms with Crippen LogP contribution in [0.4, 0.5) is 0 Å². The minimum Gasteiger partial charge on any atom is -0.479 e. The van der Waals surface area contributed by atoms with Gasteiger partial charge in [-0.3, -0.25) is 4.79 Å². The van der Waals surface area contributed by atoms with Gasteiger partial charge >= 0.3 is 0 Å². The Bertz CT molecular complexity index is 891. The van der Waals surface area contributed by atoms with Crippen LogP contribution in [-0.2, 0) is 11.2 Å². The molecule has 1 amide bonds. The summed E-state index contributed by atoms with van der Waals surface area (Å²) in [5, 5.41) is 8.55. The fourth-order valence-corrected chi connectivity index (χ4v) is 3.81. The highest BCUT2D eigenvalue weighted by Crippen LogP contribution is 2.41. The van der Waals surface area contributed by atoms with Crippen molar-refractivity contribution in [2.75, 3.05) is 6.61 Å². The smallest absolute Gasteiger partial charge is 0.247 e. The highest BCUT2D eigenvalue weighted by molar-refractivity contribution is 5.92. The molecule has 0 radical (unpaired) electrons. The lowest BCUT2D eigenvalue weighted by atomic mass is 10.1. The summed E-state index contributed by atoms with van der Waals surface area (Å²) < 4.78 is 5.25. The molecule has 0 bridgehead atoms. The lowest BCUT2D eigenvalue weighted by Gasteiger charge is -2.29. The van der Waals surface area contributed by atoms with Crippen LogP contribution in [0.5, 0.6) is 5.75 Å². The molecule has 2 aromatic rings. The lowest BCUT2D eigenvalue weighted by Crippen LogP contribution is -2.34. The number of amides is 1. The van der Waals surface area contributed by atoms with Crippen LogP contribution in [0.2, 0.25) is 0 Å². The van der Waals surface area contributed by atoms with E-state index in [-0.39, 0.29) is 18.6 Å². The summed E-state index contributed by atoms with van der Waals surface area (Å²) in [7, 11) is 0. The van der Waals surface area contributed by atoms with E-state index in [1.807, 2.05) is 36.4 Å². The van der Waals surface area contributed by atoms with Gasteiger partial charge < -0.3 is 9.64 Å². The molecule has 27 heavy (non-hydrogen) atoms. The number of fused-ring (bicyclic) bond motifs is 1. The van der Waals surface area contributed by atoms with Crippen molar-refractivity contribution < 1.29 is 9.53 Å². The topological polar surface area (TPSA) is 53.3 Å². The molecule has 0 N–H and O–H groups in total. The van der Waals surface area contributed by atoms with Crippen molar-refractivity contribution in [2.24, 2.45) is 0 Å². The number of nitriles is 1. The zero-order valence-corrected chi connectivity index (χ0v) is 15.2. The molecule has 136 valence electrons. The molecular weight excluding hydrogens is 336 g/mol. The molecule has 0 saturated heterocycles. The Labute approximate surface area is 159 Å². The number of carbonyl (C=O) groups excluding carboxylic acids is 1. The van der Waals surface area contributed by atoms with Gasteiger partial charge in [-0.05, 0) is 60.6 Å². The van der Waals surface area contributed by atoms with Crippen molar-refractivity contribution in [2.45, 2.75) is 37.8 Å². The minimum atomic E-state index is 0.0346. The number of benzene rings is 2. The van der Waals surface area contributed by atoms with Gasteiger partial charge in [0, 0.05) is 12.1 Å². The molecule has 2 aliphatic rings. The summed E-state index contributed by atoms with van der Waals surface area (Å²) in [6.07, 6.45) is 7.80. The van der Waals surface area contributed by atoms with Gasteiger partial charge in [-0.15, -0.1) is 0 Å². The molecule has 0 heterocycles. The third kappa shape index (κ3) is 3.88. The number of ether oxygens (including phenoxy) is 1. The van der Waals surface area contributed by atoms with Crippen LogP contribution < -0.4 is 4.74 Å². The minimum absolute atomic E-state index is 0.0346. The maximum absolute atomic E-state index is 13.0. The first kappa shape index (κ1) is 17.4. The second kappa shape index (κ2) is 7.67. The summed E-state index contributed by atoms with van der Waals surface area (Å²) in [6.45, 7) is 0.0346. The predicted octanol–water partition coefficient (Wildman–Crippen LogP) is 4.28. The van der Waals surface area contributed by atoms with Gasteiger partial charge in [0.05, 0.1) is 6.04 Å². The monoisotopic (exact) mass is 358 g/mol. The van der Waals surface area contributed by atoms with Crippen LogP contribution in [0.3, 0.4) is 0 Å². The normalized spacial score (nSPS) is 18.1. The third-order valence-corrected chi connectivity index (χ3v) is 5.23. The average molecular weight is 358 g/mol. The Hall–Kier alpha value is -3.06. The van der Waals surface area contributed by atoms with Crippen LogP contribution >= 0.6 is 0 Å². The molecule has 4 nitrogen and oxygen atoms in total. The fraction of sp³-hybridized carbons (Fsp3) is 0.304. The first-order chi connectivity index (χ1) is 13.3. The number of hydrogen-bond acceptors (Lipinski definition) is 3. The van der Waals surface area contributed by atoms with E-state index < -0.39 is 0 Å². The first-order valence-electron chi connectivity index (χ1n) is 9.44. The van der Waals surface area contributed by atoms with E-state index in [9.17, 15) is 4.79 Å². The Kier molecular flexibility index (Phi) is 4.93. The van der Waals surface area contributed by atoms with Crippen molar-refractivity contribution in [3.63, 3.8) is 0 Å². The third-order valence-electron chi connectivity index (χ3n) is 5.23. The van der Waals surface area contributed by atoms with Crippen molar-refractivity contribution in [1.29, 1.82) is 5.26 Å². The van der Waals surface area contributed by atoms with Crippen molar-refractivity contribution in [3.05, 3.63) is 71.3 Å². The second-order valence-electron chi connectivity index (χ2n) is 7.08. The summed E-state index contributed by atoms with van der Waals surface area (Å²) in [6, 6.07) is 18.4. The van der Waals surface area contributed by atoms with Gasteiger partial charge in [0.1, 0.15) is 11.8 Å². The zero-order valence-electron chi connectivity index (χ0n) is 15.2. The molecule has 4 rings (SSSR count). The summed E-state index contributed by atoms with van der Waals surface area (Å²) >= 11 is 0. The highest BCUT2D eigenvalue weighted by Gasteiger charge is 2.39. The molecule has 1 atom stereocenters. The second-order valence-corrected chi connectivity index (χ2v) is 7.08. The van der Waals surface area contributed by atoms with Crippen molar-refractivity contribution in [1.82, 2.24) is 4.90 Å². The Morgan fingerprint density at radius 1 is 1.15 bits per heavy atom. The molecular formula is C23H22N2O2. The fourth-order valence-electron chi connectivity index (χ4n) is 3.81. The Balaban J connectivity index is 1.47. The molecule has 2 aliphatic carbocycles. The van der Waals surface area contributed by atoms with Gasteiger partial charge in [0.15, 0.2) is 6.61 Å². The van der Waals surface area contributed by atoms with E-state index in [1.54, 1.807) is 6.08 Å². The van der Waals surface area contributed by atoms with E-state index in [4.69, 9.17) is 10.00 Å². The van der Waals surface area contributed by atoms with Gasteiger partial charge in [-0.1, -0.05) is 36.4 Å². The summed E-state index contributed by atoms with van der Waals surface area (Å²) in [5.41, 5.74) is 3.62. The highest BCUT2D eigenvalue weighted by atomic mass is 16.5. The standard InChI is InChI=1S/C23H22N2O2/c24-15-16-27-20-11-5-17(6-12-20)7-14-23(26)25(19-9-10-19)22-13-8-18-3-1-2-4-21(18)22/h1-7,11-12,14,19,22H,8-10,13,16H2/b14-7+. The number of nitrogens with zero attached hydrogens (tertiary/aromatic N) is 2. The zero-order chi connectivity index (χ0) is 18.6. The molecule has 0 spiro atoms. The first-order valence-corrected chi connectivity index (χ1v) is 9.44. The van der Waals surface area contributed by atoms with E-state index >= 15 is 0 Å². The molecule has 1 unspecified atom stereocenters. The molecule has 1 fully saturated rings. The molecule has 0 aliphatic heterocycles. The number of carbonyl (C=O) groups is 1. The van der Waals surface area contributed by atoms with Crippen LogP contribution in [-0.4, -0.2) is 23.5 Å². The molecule has 2 aromatic carbocycles. The van der Waals surface area contributed by atoms with Gasteiger partial charge in [-0.2, -0.15) is 5.26 Å². The number of rotatable bonds is 6. The summed E-state index contributed by atoms with van der Waals surface area (Å²) in [5.74, 6) is 0.742. The van der Waals surface area contributed by atoms with E-state index in [0.29, 0.717) is 11.8 Å². The maximum Gasteiger partial charge on any atom is 0.247 e. The molecule has 1 saturated carbocycles. The maximum atomic E-state index is 13.0. The van der Waals surface area contributed by atoms with Gasteiger partial charge in [0.2, 0.25) is 5.91 Å². The van der Waals surface area contributed by atoms with Crippen molar-refractivity contribution >= 4 is 12.0 Å². The molecule has 0 aromatic heterocycles. The van der Waals surface area contributed by atoms with Crippen LogP contribution in [0, 0.1) is 11.3 Å². The lowest BCUT2D eigenvalue weighted by molar-refractivity contribution is -0.129. The Morgan fingerprint density at radius 3 is 2.67 bits per heavy atom.